The van der Waals surface area contributed by atoms with E-state index >= 15 is 0 Å². The molecular formula is C26H42IN5O. The zero-order chi connectivity index (χ0) is 23.1. The van der Waals surface area contributed by atoms with Crippen LogP contribution in [0.15, 0.2) is 33.7 Å². The summed E-state index contributed by atoms with van der Waals surface area (Å²) in [5.41, 5.74) is 3.68. The summed E-state index contributed by atoms with van der Waals surface area (Å²) < 4.78 is 5.74. The number of guanidine groups is 1. The second kappa shape index (κ2) is 13.3. The fraction of sp³-hybridized carbons (Fsp3) is 0.615. The van der Waals surface area contributed by atoms with Gasteiger partial charge in [0.15, 0.2) is 5.96 Å². The molecule has 184 valence electrons. The lowest BCUT2D eigenvalue weighted by molar-refractivity contribution is 0.164. The number of hydrogen-bond donors (Lipinski definition) is 2. The minimum absolute atomic E-state index is 0. The van der Waals surface area contributed by atoms with Gasteiger partial charge in [0.25, 0.3) is 0 Å². The number of nitrogens with one attached hydrogen (secondary N) is 2. The second-order valence-electron chi connectivity index (χ2n) is 9.63. The van der Waals surface area contributed by atoms with Crippen LogP contribution in [0.1, 0.15) is 68.1 Å². The molecule has 1 unspecified atom stereocenters. The third-order valence-corrected chi connectivity index (χ3v) is 6.40. The first kappa shape index (κ1) is 27.6. The molecule has 33 heavy (non-hydrogen) atoms. The minimum atomic E-state index is 0. The molecule has 2 heterocycles. The molecule has 0 amide bonds. The fourth-order valence-corrected chi connectivity index (χ4v) is 4.28. The van der Waals surface area contributed by atoms with Gasteiger partial charge in [-0.1, -0.05) is 38.1 Å². The number of aromatic nitrogens is 1. The quantitative estimate of drug-likeness (QED) is 0.259. The van der Waals surface area contributed by atoms with Crippen LogP contribution < -0.4 is 10.6 Å². The van der Waals surface area contributed by atoms with Crippen molar-refractivity contribution in [3.8, 4) is 0 Å². The first-order chi connectivity index (χ1) is 15.3. The summed E-state index contributed by atoms with van der Waals surface area (Å²) in [6.45, 7) is 14.6. The molecule has 1 atom stereocenters. The number of aliphatic imine (C=N–C) groups is 1. The maximum atomic E-state index is 5.74. The van der Waals surface area contributed by atoms with Crippen LogP contribution in [0, 0.1) is 25.7 Å². The summed E-state index contributed by atoms with van der Waals surface area (Å²) in [5.74, 6) is 3.98. The van der Waals surface area contributed by atoms with Gasteiger partial charge in [-0.3, -0.25) is 9.89 Å². The highest BCUT2D eigenvalue weighted by Gasteiger charge is 2.21. The molecule has 0 saturated carbocycles. The number of hydrogen-bond acceptors (Lipinski definition) is 4. The number of piperidine rings is 1. The Hall–Kier alpha value is -1.61. The predicted molar refractivity (Wildman–Crippen MR) is 147 cm³/mol. The zero-order valence-corrected chi connectivity index (χ0v) is 23.5. The van der Waals surface area contributed by atoms with E-state index < -0.39 is 0 Å². The van der Waals surface area contributed by atoms with Crippen LogP contribution in [0.2, 0.25) is 0 Å². The van der Waals surface area contributed by atoms with Crippen molar-refractivity contribution in [2.24, 2.45) is 16.8 Å². The molecular weight excluding hydrogens is 525 g/mol. The Morgan fingerprint density at radius 1 is 1.15 bits per heavy atom. The maximum Gasteiger partial charge on any atom is 0.208 e. The Morgan fingerprint density at radius 3 is 2.36 bits per heavy atom. The highest BCUT2D eigenvalue weighted by atomic mass is 127. The van der Waals surface area contributed by atoms with Crippen LogP contribution in [0.25, 0.3) is 0 Å². The van der Waals surface area contributed by atoms with Gasteiger partial charge in [-0.25, -0.2) is 4.98 Å². The van der Waals surface area contributed by atoms with Gasteiger partial charge in [0.1, 0.15) is 5.76 Å². The third kappa shape index (κ3) is 8.59. The van der Waals surface area contributed by atoms with Crippen molar-refractivity contribution in [2.45, 2.75) is 66.5 Å². The van der Waals surface area contributed by atoms with E-state index in [9.17, 15) is 0 Å². The lowest BCUT2D eigenvalue weighted by Gasteiger charge is -2.31. The number of benzene rings is 1. The molecule has 1 saturated heterocycles. The normalized spacial score (nSPS) is 16.5. The van der Waals surface area contributed by atoms with Crippen LogP contribution in [-0.4, -0.2) is 42.5 Å². The van der Waals surface area contributed by atoms with Crippen LogP contribution in [0.4, 0.5) is 0 Å². The second-order valence-corrected chi connectivity index (χ2v) is 9.63. The smallest absolute Gasteiger partial charge is 0.208 e. The van der Waals surface area contributed by atoms with Gasteiger partial charge in [-0.2, -0.15) is 0 Å². The summed E-state index contributed by atoms with van der Waals surface area (Å²) in [4.78, 5) is 11.4. The molecule has 1 aromatic carbocycles. The summed E-state index contributed by atoms with van der Waals surface area (Å²) in [5, 5.41) is 7.08. The molecule has 1 fully saturated rings. The van der Waals surface area contributed by atoms with Crippen LogP contribution in [-0.2, 0) is 13.0 Å². The average Bonchev–Trinajstić information content (AvgIpc) is 3.08. The summed E-state index contributed by atoms with van der Waals surface area (Å²) in [6.07, 6.45) is 3.48. The molecule has 1 aromatic heterocycles. The third-order valence-electron chi connectivity index (χ3n) is 6.40. The number of halogens is 1. The molecule has 6 nitrogen and oxygen atoms in total. The van der Waals surface area contributed by atoms with E-state index in [-0.39, 0.29) is 30.0 Å². The maximum absolute atomic E-state index is 5.74. The van der Waals surface area contributed by atoms with Crippen molar-refractivity contribution < 1.29 is 4.42 Å². The molecule has 1 aliphatic rings. The summed E-state index contributed by atoms with van der Waals surface area (Å²) in [7, 11) is 1.84. The van der Waals surface area contributed by atoms with E-state index in [1.54, 1.807) is 0 Å². The monoisotopic (exact) mass is 567 g/mol. The average molecular weight is 568 g/mol. The Kier molecular flexibility index (Phi) is 11.2. The van der Waals surface area contributed by atoms with E-state index in [2.05, 4.69) is 70.5 Å². The topological polar surface area (TPSA) is 65.7 Å². The fourth-order valence-electron chi connectivity index (χ4n) is 4.28. The van der Waals surface area contributed by atoms with Gasteiger partial charge in [0.05, 0.1) is 18.3 Å². The van der Waals surface area contributed by atoms with E-state index in [4.69, 9.17) is 4.42 Å². The van der Waals surface area contributed by atoms with Crippen molar-refractivity contribution in [3.63, 3.8) is 0 Å². The molecule has 0 spiro atoms. The molecule has 1 aliphatic heterocycles. The molecule has 0 radical (unpaired) electrons. The molecule has 7 heteroatoms. The molecule has 2 aromatic rings. The van der Waals surface area contributed by atoms with E-state index in [0.717, 1.165) is 55.9 Å². The zero-order valence-electron chi connectivity index (χ0n) is 21.1. The highest BCUT2D eigenvalue weighted by Crippen LogP contribution is 2.20. The van der Waals surface area contributed by atoms with Crippen molar-refractivity contribution in [1.82, 2.24) is 20.5 Å². The lowest BCUT2D eigenvalue weighted by atomic mass is 9.97. The Bertz CT molecular complexity index is 850. The first-order valence-corrected chi connectivity index (χ1v) is 12.0. The number of aryl methyl sites for hydroxylation is 2. The largest absolute Gasteiger partial charge is 0.444 e. The first-order valence-electron chi connectivity index (χ1n) is 12.0. The van der Waals surface area contributed by atoms with Crippen LogP contribution in [0.3, 0.4) is 0 Å². The van der Waals surface area contributed by atoms with Crippen LogP contribution in [0.5, 0.6) is 0 Å². The number of nitrogens with zero attached hydrogens (tertiary/aromatic N) is 3. The van der Waals surface area contributed by atoms with Gasteiger partial charge in [0.2, 0.25) is 5.89 Å². The Balaban J connectivity index is 0.00000385. The summed E-state index contributed by atoms with van der Waals surface area (Å²) >= 11 is 0. The highest BCUT2D eigenvalue weighted by molar-refractivity contribution is 14.0. The van der Waals surface area contributed by atoms with E-state index in [1.165, 1.54) is 24.0 Å². The molecule has 0 bridgehead atoms. The van der Waals surface area contributed by atoms with Gasteiger partial charge in [-0.15, -0.1) is 24.0 Å². The van der Waals surface area contributed by atoms with E-state index in [0.29, 0.717) is 11.8 Å². The number of oxazole rings is 1. The van der Waals surface area contributed by atoms with Crippen molar-refractivity contribution >= 4 is 29.9 Å². The van der Waals surface area contributed by atoms with Crippen LogP contribution >= 0.6 is 24.0 Å². The standard InChI is InChI=1S/C26H41N5O.HI/c1-18(2)15-22-7-9-24(10-8-22)20(4)30-26(27-6)28-16-23-11-13-31(14-12-23)17-25-29-19(3)21(5)32-25;/h7-10,18,20,23H,11-17H2,1-6H3,(H2,27,28,30);1H. The van der Waals surface area contributed by atoms with Crippen molar-refractivity contribution in [3.05, 3.63) is 52.7 Å². The predicted octanol–water partition coefficient (Wildman–Crippen LogP) is 5.25. The summed E-state index contributed by atoms with van der Waals surface area (Å²) in [6, 6.07) is 9.17. The number of likely N-dealkylation sites (tertiary alicyclic amines) is 1. The van der Waals surface area contributed by atoms with Gasteiger partial charge in [-0.05, 0) is 76.1 Å². The Labute approximate surface area is 217 Å². The lowest BCUT2D eigenvalue weighted by Crippen LogP contribution is -2.43. The van der Waals surface area contributed by atoms with Crippen molar-refractivity contribution in [2.75, 3.05) is 26.7 Å². The molecule has 0 aliphatic carbocycles. The minimum Gasteiger partial charge on any atom is -0.444 e. The molecule has 2 N–H and O–H groups in total. The van der Waals surface area contributed by atoms with Crippen molar-refractivity contribution in [1.29, 1.82) is 0 Å². The number of rotatable bonds is 8. The van der Waals surface area contributed by atoms with Gasteiger partial charge < -0.3 is 15.1 Å². The Morgan fingerprint density at radius 2 is 1.82 bits per heavy atom. The molecule has 3 rings (SSSR count). The SMILES string of the molecule is CN=C(NCC1CCN(Cc2nc(C)c(C)o2)CC1)NC(C)c1ccc(CC(C)C)cc1.I. The van der Waals surface area contributed by atoms with Gasteiger partial charge >= 0.3 is 0 Å². The van der Waals surface area contributed by atoms with Gasteiger partial charge in [0, 0.05) is 13.6 Å². The van der Waals surface area contributed by atoms with E-state index in [1.807, 2.05) is 20.9 Å².